The maximum Gasteiger partial charge on any atom is 0.104 e. The van der Waals surface area contributed by atoms with Crippen LogP contribution in [0.25, 0.3) is 0 Å². The number of hydrogen-bond donors (Lipinski definition) is 0. The highest BCUT2D eigenvalue weighted by Gasteiger charge is 2.17. The molecule has 0 unspecified atom stereocenters. The van der Waals surface area contributed by atoms with Crippen molar-refractivity contribution in [1.29, 1.82) is 0 Å². The van der Waals surface area contributed by atoms with Crippen LogP contribution in [0.4, 0.5) is 0 Å². The molecule has 0 aromatic heterocycles. The van der Waals surface area contributed by atoms with E-state index < -0.39 is 0 Å². The molecule has 0 radical (unpaired) electrons. The predicted molar refractivity (Wildman–Crippen MR) is 146 cm³/mol. The maximum atomic E-state index is 4.64. The van der Waals surface area contributed by atoms with Crippen molar-refractivity contribution in [1.82, 2.24) is 0 Å². The van der Waals surface area contributed by atoms with E-state index >= 15 is 0 Å². The summed E-state index contributed by atoms with van der Waals surface area (Å²) < 4.78 is 1.01. The normalized spacial score (nSPS) is 11.2. The molecule has 0 saturated carbocycles. The summed E-state index contributed by atoms with van der Waals surface area (Å²) >= 11 is 4.64. The summed E-state index contributed by atoms with van der Waals surface area (Å²) in [4.78, 5) is 0. The van der Waals surface area contributed by atoms with Crippen molar-refractivity contribution in [2.75, 3.05) is 33.6 Å². The van der Waals surface area contributed by atoms with E-state index in [4.69, 9.17) is 0 Å². The van der Waals surface area contributed by atoms with Crippen LogP contribution in [-0.2, 0) is 0 Å². The van der Waals surface area contributed by atoms with E-state index in [1.807, 2.05) is 27.7 Å². The topological polar surface area (TPSA) is 0 Å². The molecule has 0 aliphatic carbocycles. The largest absolute Gasteiger partial charge is 0.325 e. The van der Waals surface area contributed by atoms with Gasteiger partial charge in [-0.25, -0.2) is 0 Å². The van der Waals surface area contributed by atoms with E-state index in [1.165, 1.54) is 42.5 Å². The lowest BCUT2D eigenvalue weighted by molar-refractivity contribution is -0.885. The van der Waals surface area contributed by atoms with Gasteiger partial charge in [0.2, 0.25) is 0 Å². The van der Waals surface area contributed by atoms with Crippen LogP contribution in [-0.4, -0.2) is 38.1 Å². The van der Waals surface area contributed by atoms with Crippen LogP contribution in [0, 0.1) is 5.92 Å². The first-order valence-electron chi connectivity index (χ1n) is 11.6. The lowest BCUT2D eigenvalue weighted by atomic mass is 9.97. The molecule has 0 amide bonds. The first kappa shape index (κ1) is 36.3. The molecule has 0 fully saturated rings. The third-order valence-electron chi connectivity index (χ3n) is 4.38. The van der Waals surface area contributed by atoms with Gasteiger partial charge in [0.15, 0.2) is 0 Å². The molecular formula is C28H55ClN+. The van der Waals surface area contributed by atoms with Gasteiger partial charge < -0.3 is 4.48 Å². The van der Waals surface area contributed by atoms with Crippen LogP contribution in [0.15, 0.2) is 59.3 Å². The maximum absolute atomic E-state index is 4.64. The van der Waals surface area contributed by atoms with Crippen LogP contribution >= 0.6 is 11.6 Å². The molecule has 0 spiro atoms. The first-order chi connectivity index (χ1) is 14.0. The molecule has 30 heavy (non-hydrogen) atoms. The second-order valence-electron chi connectivity index (χ2n) is 8.13. The monoisotopic (exact) mass is 440 g/mol. The Kier molecular flexibility index (Phi) is 27.4. The fourth-order valence-electron chi connectivity index (χ4n) is 2.48. The molecule has 2 heteroatoms. The number of hydrogen-bond acceptors (Lipinski definition) is 0. The van der Waals surface area contributed by atoms with Gasteiger partial charge in [0.25, 0.3) is 0 Å². The van der Waals surface area contributed by atoms with Gasteiger partial charge in [0, 0.05) is 12.0 Å². The average Bonchev–Trinajstić information content (AvgIpc) is 2.73. The predicted octanol–water partition coefficient (Wildman–Crippen LogP) is 9.38. The van der Waals surface area contributed by atoms with Crippen molar-refractivity contribution in [3.63, 3.8) is 0 Å². The van der Waals surface area contributed by atoms with Crippen molar-refractivity contribution in [3.8, 4) is 0 Å². The SMILES string of the molecule is C=C(/C=C\C(=C)C(C)C)/C(C)=C(/C=C(C)C)C[N+](C)(C)CCCC.CC.CC.CCl. The van der Waals surface area contributed by atoms with Gasteiger partial charge in [-0.2, -0.15) is 0 Å². The Morgan fingerprint density at radius 3 is 1.77 bits per heavy atom. The second kappa shape index (κ2) is 22.6. The summed E-state index contributed by atoms with van der Waals surface area (Å²) in [6.07, 6.45) is 10.5. The van der Waals surface area contributed by atoms with Crippen LogP contribution in [0.2, 0.25) is 0 Å². The van der Waals surface area contributed by atoms with E-state index in [2.05, 4.69) is 98.6 Å². The fourth-order valence-corrected chi connectivity index (χ4v) is 2.48. The van der Waals surface area contributed by atoms with Gasteiger partial charge in [-0.3, -0.25) is 0 Å². The highest BCUT2D eigenvalue weighted by molar-refractivity contribution is 6.15. The smallest absolute Gasteiger partial charge is 0.104 e. The average molecular weight is 441 g/mol. The summed E-state index contributed by atoms with van der Waals surface area (Å²) in [6.45, 7) is 31.8. The van der Waals surface area contributed by atoms with Gasteiger partial charge in [-0.15, -0.1) is 11.6 Å². The van der Waals surface area contributed by atoms with Crippen molar-refractivity contribution >= 4 is 11.6 Å². The van der Waals surface area contributed by atoms with Crippen LogP contribution in [0.3, 0.4) is 0 Å². The lowest BCUT2D eigenvalue weighted by Crippen LogP contribution is -2.42. The molecule has 0 atom stereocenters. The zero-order valence-corrected chi connectivity index (χ0v) is 23.6. The van der Waals surface area contributed by atoms with Crippen molar-refractivity contribution in [2.24, 2.45) is 5.92 Å². The minimum atomic E-state index is 0.472. The number of likely N-dealkylation sites (N-methyl/N-ethyl adjacent to an activating group) is 1. The molecule has 0 aliphatic rings. The highest BCUT2D eigenvalue weighted by Crippen LogP contribution is 2.21. The van der Waals surface area contributed by atoms with Gasteiger partial charge in [0.05, 0.1) is 20.6 Å². The summed E-state index contributed by atoms with van der Waals surface area (Å²) in [5.41, 5.74) is 6.24. The minimum Gasteiger partial charge on any atom is -0.325 e. The zero-order valence-electron chi connectivity index (χ0n) is 22.9. The molecule has 1 nitrogen and oxygen atoms in total. The lowest BCUT2D eigenvalue weighted by Gasteiger charge is -2.31. The Bertz CT molecular complexity index is 527. The summed E-state index contributed by atoms with van der Waals surface area (Å²) in [7, 11) is 4.64. The molecule has 0 saturated heterocycles. The fraction of sp³-hybridized carbons (Fsp3) is 0.643. The molecular weight excluding hydrogens is 386 g/mol. The summed E-state index contributed by atoms with van der Waals surface area (Å²) in [6, 6.07) is 0. The van der Waals surface area contributed by atoms with E-state index in [0.29, 0.717) is 5.92 Å². The standard InChI is InChI=1S/C23H40N.2C2H6.CH3Cl/c1-11-12-15-24(9,10)17-23(16-18(2)3)22(8)21(7)14-13-20(6)19(4)5;3*1-2/h13-14,16,19H,6-7,11-12,15,17H2,1-5,8-10H3;2*1-2H3;1H3/q+1;;;/b14-13-,23-22-;;;. The Morgan fingerprint density at radius 2 is 1.40 bits per heavy atom. The second-order valence-corrected chi connectivity index (χ2v) is 8.13. The van der Waals surface area contributed by atoms with E-state index in [9.17, 15) is 0 Å². The molecule has 0 aromatic rings. The molecule has 0 N–H and O–H groups in total. The number of nitrogens with zero attached hydrogens (tertiary/aromatic N) is 1. The van der Waals surface area contributed by atoms with Gasteiger partial charge >= 0.3 is 0 Å². The van der Waals surface area contributed by atoms with Gasteiger partial charge in [-0.1, -0.05) is 97.4 Å². The number of halogens is 1. The zero-order chi connectivity index (χ0) is 24.9. The van der Waals surface area contributed by atoms with Crippen LogP contribution in [0.5, 0.6) is 0 Å². The number of alkyl halides is 1. The Balaban J connectivity index is -0.000000512. The number of rotatable bonds is 10. The highest BCUT2D eigenvalue weighted by atomic mass is 35.5. The van der Waals surface area contributed by atoms with Crippen LogP contribution in [0.1, 0.15) is 82.1 Å². The Morgan fingerprint density at radius 1 is 0.933 bits per heavy atom. The number of quaternary nitrogens is 1. The molecule has 0 bridgehead atoms. The first-order valence-corrected chi connectivity index (χ1v) is 12.4. The third kappa shape index (κ3) is 20.2. The van der Waals surface area contributed by atoms with Crippen LogP contribution < -0.4 is 0 Å². The third-order valence-corrected chi connectivity index (χ3v) is 4.38. The molecule has 0 rings (SSSR count). The van der Waals surface area contributed by atoms with Crippen molar-refractivity contribution < 1.29 is 4.48 Å². The van der Waals surface area contributed by atoms with E-state index in [-0.39, 0.29) is 0 Å². The Labute approximate surface area is 196 Å². The molecule has 0 aromatic carbocycles. The van der Waals surface area contributed by atoms with Gasteiger partial charge in [0.1, 0.15) is 6.54 Å². The quantitative estimate of drug-likeness (QED) is 0.180. The number of allylic oxidation sites excluding steroid dienone is 6. The van der Waals surface area contributed by atoms with Gasteiger partial charge in [-0.05, 0) is 44.3 Å². The van der Waals surface area contributed by atoms with Crippen molar-refractivity contribution in [2.45, 2.75) is 82.1 Å². The van der Waals surface area contributed by atoms with E-state index in [0.717, 1.165) is 22.2 Å². The Hall–Kier alpha value is -1.05. The molecule has 178 valence electrons. The minimum absolute atomic E-state index is 0.472. The number of unbranched alkanes of at least 4 members (excludes halogenated alkanes) is 1. The van der Waals surface area contributed by atoms with Crippen molar-refractivity contribution in [3.05, 3.63) is 59.3 Å². The molecule has 0 aliphatic heterocycles. The summed E-state index contributed by atoms with van der Waals surface area (Å²) in [5, 5.41) is 0. The van der Waals surface area contributed by atoms with E-state index in [1.54, 1.807) is 0 Å². The molecule has 0 heterocycles. The summed E-state index contributed by atoms with van der Waals surface area (Å²) in [5.74, 6) is 0.472.